The standard InChI is InChI=1S/C17H23N3O/c1-11-7-15(8-12(2)16(11)21-6)10-20(5)17-14(4)18-9-13(3)19-17/h7-9H,10H2,1-6H3. The normalized spacial score (nSPS) is 10.6. The minimum Gasteiger partial charge on any atom is -0.496 e. The molecule has 0 spiro atoms. The Kier molecular flexibility index (Phi) is 4.46. The van der Waals surface area contributed by atoms with Crippen molar-refractivity contribution in [3.05, 3.63) is 46.4 Å². The fourth-order valence-electron chi connectivity index (χ4n) is 2.69. The number of rotatable bonds is 4. The van der Waals surface area contributed by atoms with Gasteiger partial charge in [0.15, 0.2) is 0 Å². The van der Waals surface area contributed by atoms with Crippen LogP contribution >= 0.6 is 0 Å². The zero-order valence-electron chi connectivity index (χ0n) is 13.7. The number of aryl methyl sites for hydroxylation is 4. The van der Waals surface area contributed by atoms with Gasteiger partial charge in [0, 0.05) is 19.8 Å². The molecule has 0 radical (unpaired) electrons. The summed E-state index contributed by atoms with van der Waals surface area (Å²) in [4.78, 5) is 11.1. The molecule has 0 atom stereocenters. The van der Waals surface area contributed by atoms with Crippen molar-refractivity contribution in [1.29, 1.82) is 0 Å². The molecule has 0 fully saturated rings. The number of ether oxygens (including phenoxy) is 1. The van der Waals surface area contributed by atoms with Crippen molar-refractivity contribution in [2.24, 2.45) is 0 Å². The van der Waals surface area contributed by atoms with Crippen molar-refractivity contribution in [3.8, 4) is 5.75 Å². The molecule has 112 valence electrons. The average molecular weight is 285 g/mol. The summed E-state index contributed by atoms with van der Waals surface area (Å²) in [6.07, 6.45) is 1.80. The van der Waals surface area contributed by atoms with Crippen LogP contribution in [-0.2, 0) is 6.54 Å². The zero-order valence-corrected chi connectivity index (χ0v) is 13.7. The minimum atomic E-state index is 0.796. The van der Waals surface area contributed by atoms with Gasteiger partial charge < -0.3 is 9.64 Å². The molecule has 0 saturated carbocycles. The van der Waals surface area contributed by atoms with Crippen LogP contribution in [0.4, 0.5) is 5.82 Å². The van der Waals surface area contributed by atoms with Crippen molar-refractivity contribution in [3.63, 3.8) is 0 Å². The van der Waals surface area contributed by atoms with E-state index in [-0.39, 0.29) is 0 Å². The molecule has 21 heavy (non-hydrogen) atoms. The SMILES string of the molecule is COc1c(C)cc(CN(C)c2nc(C)cnc2C)cc1C. The van der Waals surface area contributed by atoms with E-state index in [0.717, 1.165) is 40.6 Å². The molecule has 2 rings (SSSR count). The van der Waals surface area contributed by atoms with Crippen molar-refractivity contribution >= 4 is 5.82 Å². The van der Waals surface area contributed by atoms with Crippen LogP contribution in [0, 0.1) is 27.7 Å². The van der Waals surface area contributed by atoms with E-state index in [1.807, 2.05) is 20.9 Å². The number of nitrogens with zero attached hydrogens (tertiary/aromatic N) is 3. The van der Waals surface area contributed by atoms with Gasteiger partial charge in [-0.15, -0.1) is 0 Å². The van der Waals surface area contributed by atoms with E-state index in [0.29, 0.717) is 0 Å². The maximum absolute atomic E-state index is 5.42. The number of methoxy groups -OCH3 is 1. The highest BCUT2D eigenvalue weighted by Crippen LogP contribution is 2.25. The maximum Gasteiger partial charge on any atom is 0.150 e. The molecule has 1 aromatic carbocycles. The van der Waals surface area contributed by atoms with Crippen molar-refractivity contribution in [1.82, 2.24) is 9.97 Å². The first-order chi connectivity index (χ1) is 9.92. The molecule has 0 unspecified atom stereocenters. The second-order valence-corrected chi connectivity index (χ2v) is 5.54. The first kappa shape index (κ1) is 15.3. The lowest BCUT2D eigenvalue weighted by Crippen LogP contribution is -2.20. The third-order valence-electron chi connectivity index (χ3n) is 3.56. The molecule has 1 heterocycles. The van der Waals surface area contributed by atoms with Crippen LogP contribution in [0.3, 0.4) is 0 Å². The molecule has 0 aliphatic rings. The Bertz CT molecular complexity index is 629. The first-order valence-corrected chi connectivity index (χ1v) is 7.08. The van der Waals surface area contributed by atoms with Crippen molar-refractivity contribution in [2.45, 2.75) is 34.2 Å². The van der Waals surface area contributed by atoms with Crippen LogP contribution in [0.5, 0.6) is 5.75 Å². The van der Waals surface area contributed by atoms with Gasteiger partial charge in [-0.2, -0.15) is 0 Å². The zero-order chi connectivity index (χ0) is 15.6. The molecule has 0 bridgehead atoms. The fraction of sp³-hybridized carbons (Fsp3) is 0.412. The highest BCUT2D eigenvalue weighted by atomic mass is 16.5. The summed E-state index contributed by atoms with van der Waals surface area (Å²) in [5, 5.41) is 0. The summed E-state index contributed by atoms with van der Waals surface area (Å²) < 4.78 is 5.42. The van der Waals surface area contributed by atoms with Gasteiger partial charge in [-0.25, -0.2) is 4.98 Å². The quantitative estimate of drug-likeness (QED) is 0.863. The van der Waals surface area contributed by atoms with Crippen LogP contribution in [0.15, 0.2) is 18.3 Å². The second-order valence-electron chi connectivity index (χ2n) is 5.54. The second kappa shape index (κ2) is 6.12. The molecular weight excluding hydrogens is 262 g/mol. The predicted octanol–water partition coefficient (Wildman–Crippen LogP) is 3.36. The average Bonchev–Trinajstić information content (AvgIpc) is 2.41. The van der Waals surface area contributed by atoms with E-state index in [1.165, 1.54) is 5.56 Å². The lowest BCUT2D eigenvalue weighted by molar-refractivity contribution is 0.408. The molecule has 0 N–H and O–H groups in total. The number of benzene rings is 1. The van der Waals surface area contributed by atoms with Gasteiger partial charge in [-0.3, -0.25) is 4.98 Å². The van der Waals surface area contributed by atoms with Gasteiger partial charge in [0.25, 0.3) is 0 Å². The molecular formula is C17H23N3O. The van der Waals surface area contributed by atoms with E-state index >= 15 is 0 Å². The van der Waals surface area contributed by atoms with E-state index in [2.05, 4.69) is 40.8 Å². The van der Waals surface area contributed by atoms with Crippen LogP contribution in [0.2, 0.25) is 0 Å². The van der Waals surface area contributed by atoms with E-state index < -0.39 is 0 Å². The maximum atomic E-state index is 5.42. The Balaban J connectivity index is 2.27. The Morgan fingerprint density at radius 3 is 2.29 bits per heavy atom. The molecule has 4 heteroatoms. The molecule has 1 aromatic heterocycles. The fourth-order valence-corrected chi connectivity index (χ4v) is 2.69. The Labute approximate surface area is 126 Å². The Morgan fingerprint density at radius 1 is 1.10 bits per heavy atom. The van der Waals surface area contributed by atoms with Gasteiger partial charge >= 0.3 is 0 Å². The number of hydrogen-bond donors (Lipinski definition) is 0. The van der Waals surface area contributed by atoms with E-state index in [4.69, 9.17) is 4.74 Å². The summed E-state index contributed by atoms with van der Waals surface area (Å²) in [6.45, 7) is 8.90. The molecule has 2 aromatic rings. The molecule has 0 aliphatic heterocycles. The van der Waals surface area contributed by atoms with E-state index in [1.54, 1.807) is 13.3 Å². The third kappa shape index (κ3) is 3.32. The molecule has 0 aliphatic carbocycles. The smallest absolute Gasteiger partial charge is 0.150 e. The minimum absolute atomic E-state index is 0.796. The summed E-state index contributed by atoms with van der Waals surface area (Å²) in [7, 11) is 3.76. The predicted molar refractivity (Wildman–Crippen MR) is 86.1 cm³/mol. The number of aromatic nitrogens is 2. The summed E-state index contributed by atoms with van der Waals surface area (Å²) in [6, 6.07) is 4.34. The monoisotopic (exact) mass is 285 g/mol. The van der Waals surface area contributed by atoms with Crippen molar-refractivity contribution < 1.29 is 4.74 Å². The Hall–Kier alpha value is -2.10. The first-order valence-electron chi connectivity index (χ1n) is 7.08. The van der Waals surface area contributed by atoms with E-state index in [9.17, 15) is 0 Å². The summed E-state index contributed by atoms with van der Waals surface area (Å²) >= 11 is 0. The number of hydrogen-bond acceptors (Lipinski definition) is 4. The lowest BCUT2D eigenvalue weighted by Gasteiger charge is -2.21. The van der Waals surface area contributed by atoms with Gasteiger partial charge in [-0.05, 0) is 44.4 Å². The van der Waals surface area contributed by atoms with Crippen LogP contribution in [0.1, 0.15) is 28.1 Å². The van der Waals surface area contributed by atoms with Gasteiger partial charge in [0.2, 0.25) is 0 Å². The van der Waals surface area contributed by atoms with Crippen LogP contribution in [-0.4, -0.2) is 24.1 Å². The molecule has 4 nitrogen and oxygen atoms in total. The largest absolute Gasteiger partial charge is 0.496 e. The molecule has 0 amide bonds. The van der Waals surface area contributed by atoms with Crippen molar-refractivity contribution in [2.75, 3.05) is 19.1 Å². The number of anilines is 1. The third-order valence-corrected chi connectivity index (χ3v) is 3.56. The summed E-state index contributed by atoms with van der Waals surface area (Å²) in [5.74, 6) is 1.90. The molecule has 0 saturated heterocycles. The lowest BCUT2D eigenvalue weighted by atomic mass is 10.1. The topological polar surface area (TPSA) is 38.2 Å². The van der Waals surface area contributed by atoms with Gasteiger partial charge in [-0.1, -0.05) is 12.1 Å². The highest BCUT2D eigenvalue weighted by molar-refractivity contribution is 5.47. The highest BCUT2D eigenvalue weighted by Gasteiger charge is 2.11. The van der Waals surface area contributed by atoms with Crippen LogP contribution in [0.25, 0.3) is 0 Å². The Morgan fingerprint density at radius 2 is 1.71 bits per heavy atom. The van der Waals surface area contributed by atoms with Crippen LogP contribution < -0.4 is 9.64 Å². The van der Waals surface area contributed by atoms with Gasteiger partial charge in [0.1, 0.15) is 11.6 Å². The summed E-state index contributed by atoms with van der Waals surface area (Å²) in [5.41, 5.74) is 5.45. The van der Waals surface area contributed by atoms with Gasteiger partial charge in [0.05, 0.1) is 18.5 Å².